The number of fused-ring (bicyclic) bond motifs is 1. The van der Waals surface area contributed by atoms with E-state index < -0.39 is 35.3 Å². The minimum Gasteiger partial charge on any atom is -0.445 e. The zero-order valence-electron chi connectivity index (χ0n) is 7.93. The van der Waals surface area contributed by atoms with E-state index in [0.29, 0.717) is 0 Å². The molecule has 0 amide bonds. The Bertz CT molecular complexity index is 279. The van der Waals surface area contributed by atoms with Crippen LogP contribution < -0.4 is 0 Å². The van der Waals surface area contributed by atoms with E-state index in [1.54, 1.807) is 0 Å². The molecule has 0 N–H and O–H groups in total. The van der Waals surface area contributed by atoms with Crippen molar-refractivity contribution in [1.82, 2.24) is 0 Å². The Kier molecular flexibility index (Phi) is 3.53. The van der Waals surface area contributed by atoms with Gasteiger partial charge in [0.05, 0.1) is 13.2 Å². The second kappa shape index (κ2) is 4.75. The van der Waals surface area contributed by atoms with Gasteiger partial charge in [-0.2, -0.15) is 0 Å². The van der Waals surface area contributed by atoms with Crippen LogP contribution in [-0.4, -0.2) is 48.5 Å². The minimum atomic E-state index is -0.921. The van der Waals surface area contributed by atoms with Gasteiger partial charge < -0.3 is 18.9 Å². The molecule has 8 heteroatoms. The summed E-state index contributed by atoms with van der Waals surface area (Å²) in [5.74, 6) is 0. The van der Waals surface area contributed by atoms with E-state index >= 15 is 0 Å². The standard InChI is InChI=1S/C8H8Cl2O6/c9-7(11)15-3-1-13-6-4(16-8(10)12)2-14-5(3)6/h3-6H,1-2H2/t3-,4+,5+,6-. The summed E-state index contributed by atoms with van der Waals surface area (Å²) < 4.78 is 20.2. The number of carbonyl (C=O) groups excluding carboxylic acids is 2. The molecule has 2 saturated heterocycles. The molecular weight excluding hydrogens is 263 g/mol. The Morgan fingerprint density at radius 1 is 0.938 bits per heavy atom. The van der Waals surface area contributed by atoms with Gasteiger partial charge in [-0.1, -0.05) is 0 Å². The zero-order chi connectivity index (χ0) is 11.7. The average molecular weight is 271 g/mol. The van der Waals surface area contributed by atoms with Crippen molar-refractivity contribution in [3.8, 4) is 0 Å². The molecular formula is C8H8Cl2O6. The minimum absolute atomic E-state index is 0.157. The zero-order valence-corrected chi connectivity index (χ0v) is 9.44. The number of rotatable bonds is 2. The Balaban J connectivity index is 1.95. The highest BCUT2D eigenvalue weighted by molar-refractivity contribution is 6.61. The average Bonchev–Trinajstić information content (AvgIpc) is 2.70. The fraction of sp³-hybridized carbons (Fsp3) is 0.750. The van der Waals surface area contributed by atoms with Crippen LogP contribution in [0.2, 0.25) is 0 Å². The first-order chi connectivity index (χ1) is 7.58. The van der Waals surface area contributed by atoms with Gasteiger partial charge in [-0.25, -0.2) is 9.59 Å². The van der Waals surface area contributed by atoms with Gasteiger partial charge in [0.15, 0.2) is 12.2 Å². The molecule has 6 nitrogen and oxygen atoms in total. The number of hydrogen-bond donors (Lipinski definition) is 0. The highest BCUT2D eigenvalue weighted by Gasteiger charge is 2.51. The van der Waals surface area contributed by atoms with E-state index in [4.69, 9.17) is 42.1 Å². The predicted octanol–water partition coefficient (Wildman–Crippen LogP) is 1.27. The first kappa shape index (κ1) is 11.9. The molecule has 2 aliphatic rings. The van der Waals surface area contributed by atoms with Gasteiger partial charge in [0.1, 0.15) is 12.2 Å². The third kappa shape index (κ3) is 2.40. The molecule has 16 heavy (non-hydrogen) atoms. The predicted molar refractivity (Wildman–Crippen MR) is 51.7 cm³/mol. The van der Waals surface area contributed by atoms with Gasteiger partial charge in [0.2, 0.25) is 0 Å². The van der Waals surface area contributed by atoms with E-state index in [1.165, 1.54) is 0 Å². The molecule has 0 bridgehead atoms. The van der Waals surface area contributed by atoms with Crippen molar-refractivity contribution in [3.05, 3.63) is 0 Å². The summed E-state index contributed by atoms with van der Waals surface area (Å²) in [6.45, 7) is 0.314. The highest BCUT2D eigenvalue weighted by atomic mass is 35.5. The van der Waals surface area contributed by atoms with E-state index in [9.17, 15) is 9.59 Å². The first-order valence-electron chi connectivity index (χ1n) is 4.53. The van der Waals surface area contributed by atoms with Crippen LogP contribution in [0.1, 0.15) is 0 Å². The Morgan fingerprint density at radius 2 is 1.31 bits per heavy atom. The van der Waals surface area contributed by atoms with Gasteiger partial charge in [-0.3, -0.25) is 0 Å². The maximum Gasteiger partial charge on any atom is 0.404 e. The fourth-order valence-electron chi connectivity index (χ4n) is 1.87. The molecule has 4 atom stereocenters. The molecule has 0 radical (unpaired) electrons. The molecule has 0 unspecified atom stereocenters. The Morgan fingerprint density at radius 3 is 1.62 bits per heavy atom. The van der Waals surface area contributed by atoms with Gasteiger partial charge in [-0.05, 0) is 0 Å². The van der Waals surface area contributed by atoms with Crippen LogP contribution in [0.3, 0.4) is 0 Å². The number of hydrogen-bond acceptors (Lipinski definition) is 6. The summed E-state index contributed by atoms with van der Waals surface area (Å²) in [6, 6.07) is 0. The smallest absolute Gasteiger partial charge is 0.404 e. The molecule has 2 heterocycles. The summed E-state index contributed by atoms with van der Waals surface area (Å²) in [6.07, 6.45) is -2.09. The van der Waals surface area contributed by atoms with Crippen LogP contribution in [0.4, 0.5) is 9.59 Å². The summed E-state index contributed by atoms with van der Waals surface area (Å²) >= 11 is 10.2. The summed E-state index contributed by atoms with van der Waals surface area (Å²) in [4.78, 5) is 21.1. The van der Waals surface area contributed by atoms with Crippen molar-refractivity contribution in [2.45, 2.75) is 24.4 Å². The molecule has 0 aromatic rings. The lowest BCUT2D eigenvalue weighted by Gasteiger charge is -2.15. The number of halogens is 2. The third-order valence-corrected chi connectivity index (χ3v) is 2.63. The van der Waals surface area contributed by atoms with Crippen molar-refractivity contribution >= 4 is 34.1 Å². The molecule has 2 fully saturated rings. The number of ether oxygens (including phenoxy) is 4. The Hall–Kier alpha value is -0.560. The number of carbonyl (C=O) groups is 2. The molecule has 2 rings (SSSR count). The lowest BCUT2D eigenvalue weighted by atomic mass is 10.1. The van der Waals surface area contributed by atoms with E-state index in [0.717, 1.165) is 0 Å². The summed E-state index contributed by atoms with van der Waals surface area (Å²) in [7, 11) is 0. The van der Waals surface area contributed by atoms with Gasteiger partial charge in [0.25, 0.3) is 0 Å². The second-order valence-electron chi connectivity index (χ2n) is 3.38. The summed E-state index contributed by atoms with van der Waals surface area (Å²) in [5.41, 5.74) is -1.84. The van der Waals surface area contributed by atoms with Crippen molar-refractivity contribution in [2.75, 3.05) is 13.2 Å². The SMILES string of the molecule is O=C(Cl)O[C@H]1CO[C@@H]2[C@@H]1OC[C@H]2OC(=O)Cl. The molecule has 0 saturated carbocycles. The third-order valence-electron chi connectivity index (χ3n) is 2.45. The molecule has 0 aromatic carbocycles. The fourth-order valence-corrected chi connectivity index (χ4v) is 2.10. The Labute approximate surface area is 101 Å². The quantitative estimate of drug-likeness (QED) is 0.704. The van der Waals surface area contributed by atoms with Crippen LogP contribution in [0.25, 0.3) is 0 Å². The van der Waals surface area contributed by atoms with Gasteiger partial charge in [-0.15, -0.1) is 0 Å². The lowest BCUT2D eigenvalue weighted by molar-refractivity contribution is -0.00291. The summed E-state index contributed by atoms with van der Waals surface area (Å²) in [5, 5.41) is 0. The molecule has 0 spiro atoms. The van der Waals surface area contributed by atoms with Crippen LogP contribution in [0, 0.1) is 0 Å². The normalized spacial score (nSPS) is 36.9. The second-order valence-corrected chi connectivity index (χ2v) is 4.00. The molecule has 90 valence electrons. The van der Waals surface area contributed by atoms with Crippen LogP contribution in [-0.2, 0) is 18.9 Å². The van der Waals surface area contributed by atoms with Crippen molar-refractivity contribution in [1.29, 1.82) is 0 Å². The van der Waals surface area contributed by atoms with Crippen LogP contribution in [0.5, 0.6) is 0 Å². The maximum absolute atomic E-state index is 10.6. The molecule has 2 aliphatic heterocycles. The maximum atomic E-state index is 10.6. The van der Waals surface area contributed by atoms with Crippen molar-refractivity contribution in [3.63, 3.8) is 0 Å². The monoisotopic (exact) mass is 270 g/mol. The molecule has 0 aromatic heterocycles. The highest BCUT2D eigenvalue weighted by Crippen LogP contribution is 2.31. The van der Waals surface area contributed by atoms with E-state index in [1.807, 2.05) is 0 Å². The van der Waals surface area contributed by atoms with Crippen LogP contribution >= 0.6 is 23.2 Å². The van der Waals surface area contributed by atoms with Crippen LogP contribution in [0.15, 0.2) is 0 Å². The molecule has 0 aliphatic carbocycles. The van der Waals surface area contributed by atoms with Gasteiger partial charge >= 0.3 is 10.9 Å². The van der Waals surface area contributed by atoms with E-state index in [2.05, 4.69) is 0 Å². The van der Waals surface area contributed by atoms with Gasteiger partial charge in [0, 0.05) is 23.2 Å². The van der Waals surface area contributed by atoms with Crippen molar-refractivity contribution in [2.24, 2.45) is 0 Å². The first-order valence-corrected chi connectivity index (χ1v) is 5.29. The lowest BCUT2D eigenvalue weighted by Crippen LogP contribution is -2.34. The topological polar surface area (TPSA) is 71.1 Å². The van der Waals surface area contributed by atoms with E-state index in [-0.39, 0.29) is 13.2 Å². The van der Waals surface area contributed by atoms with Crippen molar-refractivity contribution < 1.29 is 28.5 Å². The largest absolute Gasteiger partial charge is 0.445 e.